The highest BCUT2D eigenvalue weighted by Crippen LogP contribution is 2.38. The fourth-order valence-electron chi connectivity index (χ4n) is 3.87. The van der Waals surface area contributed by atoms with Gasteiger partial charge in [-0.05, 0) is 36.2 Å². The minimum atomic E-state index is -2.87. The van der Waals surface area contributed by atoms with E-state index in [-0.39, 0.29) is 10.8 Å². The van der Waals surface area contributed by atoms with E-state index in [1.54, 1.807) is 20.8 Å². The molecule has 0 aliphatic rings. The molecule has 0 aliphatic heterocycles. The zero-order valence-electron chi connectivity index (χ0n) is 18.5. The molecule has 0 saturated carbocycles. The van der Waals surface area contributed by atoms with Gasteiger partial charge in [0.15, 0.2) is 5.78 Å². The summed E-state index contributed by atoms with van der Waals surface area (Å²) in [4.78, 5) is 25.4. The van der Waals surface area contributed by atoms with Crippen LogP contribution in [0.25, 0.3) is 0 Å². The number of esters is 1. The van der Waals surface area contributed by atoms with Gasteiger partial charge >= 0.3 is 5.97 Å². The summed E-state index contributed by atoms with van der Waals surface area (Å²) in [5.74, 6) is -0.835. The lowest BCUT2D eigenvalue weighted by Gasteiger charge is -2.45. The Labute approximate surface area is 175 Å². The van der Waals surface area contributed by atoms with Crippen LogP contribution in [-0.4, -0.2) is 33.3 Å². The molecule has 0 aromatic heterocycles. The summed E-state index contributed by atoms with van der Waals surface area (Å²) in [7, 11) is -1.58. The van der Waals surface area contributed by atoms with Gasteiger partial charge < -0.3 is 9.16 Å². The predicted octanol–water partition coefficient (Wildman–Crippen LogP) is 3.72. The van der Waals surface area contributed by atoms with Crippen molar-refractivity contribution in [3.63, 3.8) is 0 Å². The fraction of sp³-hybridized carbons (Fsp3) is 0.417. The summed E-state index contributed by atoms with van der Waals surface area (Å²) >= 11 is 0. The van der Waals surface area contributed by atoms with Gasteiger partial charge in [0, 0.05) is 0 Å². The number of rotatable bonds is 7. The van der Waals surface area contributed by atoms with E-state index < -0.39 is 25.8 Å². The molecule has 0 heterocycles. The molecule has 0 unspecified atom stereocenters. The first kappa shape index (κ1) is 23.0. The van der Waals surface area contributed by atoms with E-state index in [1.165, 1.54) is 7.11 Å². The highest BCUT2D eigenvalue weighted by molar-refractivity contribution is 6.99. The summed E-state index contributed by atoms with van der Waals surface area (Å²) in [6.07, 6.45) is -0.768. The molecule has 0 radical (unpaired) electrons. The maximum absolute atomic E-state index is 13.2. The largest absolute Gasteiger partial charge is 0.468 e. The van der Waals surface area contributed by atoms with E-state index in [2.05, 4.69) is 45.0 Å². The lowest BCUT2D eigenvalue weighted by molar-refractivity contribution is -0.158. The smallest absolute Gasteiger partial charge is 0.318 e. The van der Waals surface area contributed by atoms with Crippen molar-refractivity contribution in [2.24, 2.45) is 5.41 Å². The Bertz CT molecular complexity index is 799. The molecule has 0 saturated heterocycles. The van der Waals surface area contributed by atoms with E-state index in [0.29, 0.717) is 0 Å². The van der Waals surface area contributed by atoms with Crippen molar-refractivity contribution >= 4 is 30.4 Å². The van der Waals surface area contributed by atoms with Crippen molar-refractivity contribution in [2.75, 3.05) is 7.11 Å². The zero-order valence-corrected chi connectivity index (χ0v) is 19.5. The van der Waals surface area contributed by atoms with E-state index in [1.807, 2.05) is 36.4 Å². The van der Waals surface area contributed by atoms with Gasteiger partial charge in [-0.25, -0.2) is 0 Å². The van der Waals surface area contributed by atoms with Crippen LogP contribution in [0.5, 0.6) is 0 Å². The molecular formula is C24H32O4Si. The molecule has 1 atom stereocenters. The van der Waals surface area contributed by atoms with Gasteiger partial charge in [-0.2, -0.15) is 0 Å². The monoisotopic (exact) mass is 412 g/mol. The molecule has 29 heavy (non-hydrogen) atoms. The number of ketones is 1. The first-order chi connectivity index (χ1) is 13.5. The molecule has 0 N–H and O–H groups in total. The average molecular weight is 413 g/mol. The Morgan fingerprint density at radius 1 is 0.828 bits per heavy atom. The predicted molar refractivity (Wildman–Crippen MR) is 119 cm³/mol. The van der Waals surface area contributed by atoms with Crippen molar-refractivity contribution < 1.29 is 18.8 Å². The van der Waals surface area contributed by atoms with E-state index in [0.717, 1.165) is 10.4 Å². The molecule has 2 rings (SSSR count). The summed E-state index contributed by atoms with van der Waals surface area (Å²) in [6.45, 7) is 11.4. The molecular weight excluding hydrogens is 380 g/mol. The molecule has 0 aliphatic carbocycles. The van der Waals surface area contributed by atoms with Crippen molar-refractivity contribution in [1.29, 1.82) is 0 Å². The Hall–Kier alpha value is -2.24. The number of ether oxygens (including phenoxy) is 1. The maximum atomic E-state index is 13.2. The van der Waals surface area contributed by atoms with Crippen LogP contribution in [0.4, 0.5) is 0 Å². The Balaban J connectivity index is 2.63. The number of hydrogen-bond acceptors (Lipinski definition) is 4. The Kier molecular flexibility index (Phi) is 6.86. The zero-order chi connectivity index (χ0) is 21.9. The average Bonchev–Trinajstić information content (AvgIpc) is 2.70. The topological polar surface area (TPSA) is 52.6 Å². The lowest BCUT2D eigenvalue weighted by atomic mass is 9.86. The van der Waals surface area contributed by atoms with Crippen LogP contribution in [0.2, 0.25) is 5.04 Å². The van der Waals surface area contributed by atoms with Crippen LogP contribution < -0.4 is 10.4 Å². The first-order valence-electron chi connectivity index (χ1n) is 9.90. The SMILES string of the molecule is COC(=O)C(C)(C)C(=O)[C@H](C)O[Si](c1ccccc1)(c1ccccc1)C(C)(C)C. The summed E-state index contributed by atoms with van der Waals surface area (Å²) in [6, 6.07) is 20.3. The number of methoxy groups -OCH3 is 1. The van der Waals surface area contributed by atoms with Crippen LogP contribution in [0.1, 0.15) is 41.5 Å². The van der Waals surface area contributed by atoms with Crippen molar-refractivity contribution in [3.05, 3.63) is 60.7 Å². The summed E-state index contributed by atoms with van der Waals surface area (Å²) < 4.78 is 11.6. The minimum absolute atomic E-state index is 0.250. The van der Waals surface area contributed by atoms with Crippen molar-refractivity contribution in [2.45, 2.75) is 52.7 Å². The van der Waals surface area contributed by atoms with Crippen molar-refractivity contribution in [3.8, 4) is 0 Å². The molecule has 5 heteroatoms. The molecule has 0 spiro atoms. The molecule has 2 aromatic carbocycles. The lowest BCUT2D eigenvalue weighted by Crippen LogP contribution is -2.68. The summed E-state index contributed by atoms with van der Waals surface area (Å²) in [5, 5.41) is 1.93. The second-order valence-corrected chi connectivity index (χ2v) is 13.2. The second-order valence-electron chi connectivity index (χ2n) is 8.90. The third-order valence-electron chi connectivity index (χ3n) is 5.45. The number of carbonyl (C=O) groups excluding carboxylic acids is 2. The fourth-order valence-corrected chi connectivity index (χ4v) is 8.53. The quantitative estimate of drug-likeness (QED) is 0.395. The van der Waals surface area contributed by atoms with Crippen LogP contribution >= 0.6 is 0 Å². The van der Waals surface area contributed by atoms with Crippen LogP contribution in [0, 0.1) is 5.41 Å². The van der Waals surface area contributed by atoms with Gasteiger partial charge in [-0.15, -0.1) is 0 Å². The number of Topliss-reactive ketones (excluding diaryl/α,β-unsaturated/α-hetero) is 1. The van der Waals surface area contributed by atoms with Gasteiger partial charge in [0.25, 0.3) is 8.32 Å². The number of carbonyl (C=O) groups is 2. The van der Waals surface area contributed by atoms with Gasteiger partial charge in [0.1, 0.15) is 11.5 Å². The molecule has 0 fully saturated rings. The maximum Gasteiger partial charge on any atom is 0.318 e. The van der Waals surface area contributed by atoms with Gasteiger partial charge in [-0.1, -0.05) is 81.4 Å². The number of benzene rings is 2. The van der Waals surface area contributed by atoms with E-state index >= 15 is 0 Å². The molecule has 2 aromatic rings. The van der Waals surface area contributed by atoms with Crippen LogP contribution in [0.15, 0.2) is 60.7 Å². The normalized spacial score (nSPS) is 13.6. The first-order valence-corrected chi connectivity index (χ1v) is 11.8. The van der Waals surface area contributed by atoms with Gasteiger partial charge in [-0.3, -0.25) is 9.59 Å². The van der Waals surface area contributed by atoms with E-state index in [9.17, 15) is 9.59 Å². The van der Waals surface area contributed by atoms with Crippen LogP contribution in [0.3, 0.4) is 0 Å². The standard InChI is InChI=1S/C24H32O4Si/c1-18(21(25)24(5,6)22(26)27-7)28-29(23(2,3)4,19-14-10-8-11-15-19)20-16-12-9-13-17-20/h8-18H,1-7H3/t18-/m0/s1. The molecule has 0 amide bonds. The third kappa shape index (κ3) is 4.36. The highest BCUT2D eigenvalue weighted by Gasteiger charge is 2.53. The van der Waals surface area contributed by atoms with Crippen molar-refractivity contribution in [1.82, 2.24) is 0 Å². The molecule has 4 nitrogen and oxygen atoms in total. The Morgan fingerprint density at radius 2 is 1.24 bits per heavy atom. The van der Waals surface area contributed by atoms with Gasteiger partial charge in [0.2, 0.25) is 0 Å². The molecule has 0 bridgehead atoms. The number of hydrogen-bond donors (Lipinski definition) is 0. The second kappa shape index (κ2) is 8.64. The van der Waals surface area contributed by atoms with Crippen LogP contribution in [-0.2, 0) is 18.8 Å². The third-order valence-corrected chi connectivity index (χ3v) is 10.6. The summed E-state index contributed by atoms with van der Waals surface area (Å²) in [5.41, 5.74) is -1.28. The molecule has 156 valence electrons. The minimum Gasteiger partial charge on any atom is -0.468 e. The van der Waals surface area contributed by atoms with Gasteiger partial charge in [0.05, 0.1) is 7.11 Å². The Morgan fingerprint density at radius 3 is 1.59 bits per heavy atom. The highest BCUT2D eigenvalue weighted by atomic mass is 28.4. The van der Waals surface area contributed by atoms with E-state index in [4.69, 9.17) is 9.16 Å².